The van der Waals surface area contributed by atoms with Crippen LogP contribution in [0.3, 0.4) is 0 Å². The van der Waals surface area contributed by atoms with Gasteiger partial charge in [0, 0.05) is 25.2 Å². The molecule has 3 heteroatoms. The van der Waals surface area contributed by atoms with Gasteiger partial charge in [0.2, 0.25) is 0 Å². The Hall–Kier alpha value is -0.120. The van der Waals surface area contributed by atoms with Crippen molar-refractivity contribution in [3.8, 4) is 0 Å². The van der Waals surface area contributed by atoms with Crippen LogP contribution in [-0.4, -0.2) is 55.6 Å². The molecule has 16 heavy (non-hydrogen) atoms. The minimum absolute atomic E-state index is 0.0483. The highest BCUT2D eigenvalue weighted by Crippen LogP contribution is 2.07. The van der Waals surface area contributed by atoms with Crippen LogP contribution in [0.4, 0.5) is 0 Å². The molecule has 0 aliphatic rings. The second-order valence-corrected chi connectivity index (χ2v) is 6.24. The minimum atomic E-state index is -0.0483. The van der Waals surface area contributed by atoms with E-state index in [9.17, 15) is 0 Å². The van der Waals surface area contributed by atoms with E-state index in [0.29, 0.717) is 0 Å². The summed E-state index contributed by atoms with van der Waals surface area (Å²) in [4.78, 5) is 4.76. The van der Waals surface area contributed by atoms with Crippen LogP contribution in [-0.2, 0) is 0 Å². The van der Waals surface area contributed by atoms with Crippen LogP contribution in [0.5, 0.6) is 0 Å². The summed E-state index contributed by atoms with van der Waals surface area (Å²) in [6.45, 7) is 13.3. The normalized spacial score (nSPS) is 13.1. The van der Waals surface area contributed by atoms with Crippen molar-refractivity contribution >= 4 is 0 Å². The lowest BCUT2D eigenvalue weighted by molar-refractivity contribution is 0.204. The van der Waals surface area contributed by atoms with Crippen LogP contribution in [0, 0.1) is 5.92 Å². The molecule has 0 bridgehead atoms. The Labute approximate surface area is 102 Å². The summed E-state index contributed by atoms with van der Waals surface area (Å²) < 4.78 is 0. The van der Waals surface area contributed by atoms with Gasteiger partial charge in [0.1, 0.15) is 0 Å². The Morgan fingerprint density at radius 3 is 2.00 bits per heavy atom. The molecule has 0 atom stereocenters. The van der Waals surface area contributed by atoms with Crippen LogP contribution >= 0.6 is 0 Å². The van der Waals surface area contributed by atoms with Gasteiger partial charge in [-0.3, -0.25) is 0 Å². The minimum Gasteiger partial charge on any atom is -0.326 e. The van der Waals surface area contributed by atoms with E-state index >= 15 is 0 Å². The molecule has 3 nitrogen and oxygen atoms in total. The summed E-state index contributed by atoms with van der Waals surface area (Å²) >= 11 is 0. The Morgan fingerprint density at radius 2 is 1.62 bits per heavy atom. The van der Waals surface area contributed by atoms with Crippen LogP contribution < -0.4 is 5.73 Å². The Balaban J connectivity index is 4.00. The molecule has 0 aliphatic carbocycles. The molecule has 0 fully saturated rings. The van der Waals surface area contributed by atoms with Crippen LogP contribution in [0.1, 0.15) is 34.1 Å². The van der Waals surface area contributed by atoms with Gasteiger partial charge in [-0.25, -0.2) is 0 Å². The molecule has 0 saturated carbocycles. The lowest BCUT2D eigenvalue weighted by Gasteiger charge is -2.29. The summed E-state index contributed by atoms with van der Waals surface area (Å²) in [6, 6.07) is 0. The zero-order chi connectivity index (χ0) is 12.8. The molecule has 0 aromatic rings. The van der Waals surface area contributed by atoms with E-state index < -0.39 is 0 Å². The van der Waals surface area contributed by atoms with Gasteiger partial charge in [0.15, 0.2) is 0 Å². The largest absolute Gasteiger partial charge is 0.326 e. The van der Waals surface area contributed by atoms with E-state index in [1.807, 2.05) is 0 Å². The van der Waals surface area contributed by atoms with Crippen molar-refractivity contribution in [2.24, 2.45) is 11.7 Å². The molecule has 0 aliphatic heterocycles. The van der Waals surface area contributed by atoms with Crippen molar-refractivity contribution in [2.45, 2.75) is 39.7 Å². The van der Waals surface area contributed by atoms with Crippen LogP contribution in [0.25, 0.3) is 0 Å². The standard InChI is InChI=1S/C13H31N3/c1-12(2)11-16(10-9-15(5)6)8-7-13(3,4)14/h12H,7-11,14H2,1-6H3. The maximum atomic E-state index is 6.03. The molecule has 0 aromatic heterocycles. The molecular formula is C13H31N3. The summed E-state index contributed by atoms with van der Waals surface area (Å²) in [5, 5.41) is 0. The molecule has 0 aromatic carbocycles. The average molecular weight is 229 g/mol. The van der Waals surface area contributed by atoms with E-state index in [4.69, 9.17) is 5.73 Å². The smallest absolute Gasteiger partial charge is 0.0109 e. The van der Waals surface area contributed by atoms with Gasteiger partial charge < -0.3 is 15.5 Å². The van der Waals surface area contributed by atoms with Crippen molar-refractivity contribution in [3.63, 3.8) is 0 Å². The van der Waals surface area contributed by atoms with Crippen LogP contribution in [0.15, 0.2) is 0 Å². The average Bonchev–Trinajstić information content (AvgIpc) is 2.07. The fraction of sp³-hybridized carbons (Fsp3) is 1.00. The Bertz CT molecular complexity index is 171. The summed E-state index contributed by atoms with van der Waals surface area (Å²) in [7, 11) is 4.25. The Kier molecular flexibility index (Phi) is 7.20. The predicted octanol–water partition coefficient (Wildman–Crippen LogP) is 1.63. The highest BCUT2D eigenvalue weighted by Gasteiger charge is 2.14. The second kappa shape index (κ2) is 7.25. The topological polar surface area (TPSA) is 32.5 Å². The number of rotatable bonds is 8. The molecular weight excluding hydrogens is 198 g/mol. The first-order valence-corrected chi connectivity index (χ1v) is 6.36. The number of hydrogen-bond acceptors (Lipinski definition) is 3. The van der Waals surface area contributed by atoms with E-state index in [-0.39, 0.29) is 5.54 Å². The monoisotopic (exact) mass is 229 g/mol. The molecule has 0 spiro atoms. The van der Waals surface area contributed by atoms with Crippen molar-refractivity contribution in [1.29, 1.82) is 0 Å². The van der Waals surface area contributed by atoms with Gasteiger partial charge in [-0.05, 0) is 46.8 Å². The van der Waals surface area contributed by atoms with Crippen molar-refractivity contribution < 1.29 is 0 Å². The van der Waals surface area contributed by atoms with Gasteiger partial charge >= 0.3 is 0 Å². The second-order valence-electron chi connectivity index (χ2n) is 6.24. The molecule has 0 amide bonds. The first kappa shape index (κ1) is 15.9. The first-order valence-electron chi connectivity index (χ1n) is 6.36. The molecule has 98 valence electrons. The SMILES string of the molecule is CC(C)CN(CCN(C)C)CCC(C)(C)N. The van der Waals surface area contributed by atoms with E-state index in [1.54, 1.807) is 0 Å². The van der Waals surface area contributed by atoms with Gasteiger partial charge in [-0.15, -0.1) is 0 Å². The number of likely N-dealkylation sites (N-methyl/N-ethyl adjacent to an activating group) is 1. The molecule has 0 unspecified atom stereocenters. The van der Waals surface area contributed by atoms with Crippen molar-refractivity contribution in [1.82, 2.24) is 9.80 Å². The molecule has 2 N–H and O–H groups in total. The fourth-order valence-electron chi connectivity index (χ4n) is 1.60. The third-order valence-corrected chi connectivity index (χ3v) is 2.56. The lowest BCUT2D eigenvalue weighted by Crippen LogP contribution is -2.40. The fourth-order valence-corrected chi connectivity index (χ4v) is 1.60. The van der Waals surface area contributed by atoms with Gasteiger partial charge in [-0.1, -0.05) is 13.8 Å². The zero-order valence-electron chi connectivity index (χ0n) is 12.1. The maximum Gasteiger partial charge on any atom is 0.0109 e. The quantitative estimate of drug-likeness (QED) is 0.687. The number of nitrogens with two attached hydrogens (primary N) is 1. The summed E-state index contributed by atoms with van der Waals surface area (Å²) in [6.07, 6.45) is 1.06. The van der Waals surface area contributed by atoms with E-state index in [0.717, 1.165) is 32.0 Å². The summed E-state index contributed by atoms with van der Waals surface area (Å²) in [5.74, 6) is 0.725. The molecule has 0 rings (SSSR count). The molecule has 0 radical (unpaired) electrons. The predicted molar refractivity (Wildman–Crippen MR) is 72.7 cm³/mol. The van der Waals surface area contributed by atoms with Gasteiger partial charge in [-0.2, -0.15) is 0 Å². The maximum absolute atomic E-state index is 6.03. The summed E-state index contributed by atoms with van der Waals surface area (Å²) in [5.41, 5.74) is 5.99. The Morgan fingerprint density at radius 1 is 1.06 bits per heavy atom. The lowest BCUT2D eigenvalue weighted by atomic mass is 10.0. The van der Waals surface area contributed by atoms with E-state index in [1.165, 1.54) is 6.54 Å². The highest BCUT2D eigenvalue weighted by molar-refractivity contribution is 4.74. The third kappa shape index (κ3) is 10.4. The number of hydrogen-bond donors (Lipinski definition) is 1. The van der Waals surface area contributed by atoms with Crippen LogP contribution in [0.2, 0.25) is 0 Å². The third-order valence-electron chi connectivity index (χ3n) is 2.56. The highest BCUT2D eigenvalue weighted by atomic mass is 15.2. The van der Waals surface area contributed by atoms with Crippen molar-refractivity contribution in [2.75, 3.05) is 40.3 Å². The van der Waals surface area contributed by atoms with Crippen molar-refractivity contribution in [3.05, 3.63) is 0 Å². The zero-order valence-corrected chi connectivity index (χ0v) is 12.1. The van der Waals surface area contributed by atoms with Gasteiger partial charge in [0.25, 0.3) is 0 Å². The van der Waals surface area contributed by atoms with Gasteiger partial charge in [0.05, 0.1) is 0 Å². The molecule has 0 heterocycles. The number of nitrogens with zero attached hydrogens (tertiary/aromatic N) is 2. The van der Waals surface area contributed by atoms with E-state index in [2.05, 4.69) is 51.6 Å². The molecule has 0 saturated heterocycles. The first-order chi connectivity index (χ1) is 7.20.